The Morgan fingerprint density at radius 1 is 1.03 bits per heavy atom. The minimum Gasteiger partial charge on any atom is -0.494 e. The largest absolute Gasteiger partial charge is 0.494 e. The fourth-order valence-electron chi connectivity index (χ4n) is 5.18. The number of amides is 2. The van der Waals surface area contributed by atoms with Crippen molar-refractivity contribution in [3.8, 4) is 5.75 Å². The molecule has 0 fully saturated rings. The number of hydrogen-bond acceptors (Lipinski definition) is 3. The number of hydrogen-bond donors (Lipinski definition) is 3. The topological polar surface area (TPSA) is 83.2 Å². The van der Waals surface area contributed by atoms with E-state index in [1.54, 1.807) is 24.3 Å². The molecule has 0 bridgehead atoms. The predicted octanol–water partition coefficient (Wildman–Crippen LogP) is 5.88. The Labute approximate surface area is 223 Å². The van der Waals surface area contributed by atoms with Crippen LogP contribution in [0, 0.1) is 0 Å². The van der Waals surface area contributed by atoms with Crippen LogP contribution in [0.5, 0.6) is 5.75 Å². The molecule has 2 unspecified atom stereocenters. The van der Waals surface area contributed by atoms with Crippen LogP contribution in [0.2, 0.25) is 0 Å². The summed E-state index contributed by atoms with van der Waals surface area (Å²) < 4.78 is 5.73. The number of H-pyrrole nitrogens is 1. The van der Waals surface area contributed by atoms with Crippen LogP contribution in [-0.2, 0) is 17.6 Å². The molecule has 0 aliphatic heterocycles. The summed E-state index contributed by atoms with van der Waals surface area (Å²) in [6, 6.07) is 22.6. The average Bonchev–Trinajstić information content (AvgIpc) is 3.36. The number of para-hydroxylation sites is 1. The Kier molecular flexibility index (Phi) is 8.07. The highest BCUT2D eigenvalue weighted by atomic mass is 16.5. The van der Waals surface area contributed by atoms with Crippen LogP contribution in [-0.4, -0.2) is 29.4 Å². The third kappa shape index (κ3) is 5.91. The molecule has 1 aliphatic carbocycles. The SMILES string of the molecule is CCCCOc1ccc(C(=O)NC(Cc2c[nH]c3ccccc23)C(=O)NC2CCCc3ccccc32)cc1. The van der Waals surface area contributed by atoms with Gasteiger partial charge in [-0.15, -0.1) is 0 Å². The number of rotatable bonds is 10. The minimum absolute atomic E-state index is 0.0608. The number of aromatic amines is 1. The van der Waals surface area contributed by atoms with Gasteiger partial charge in [-0.1, -0.05) is 55.8 Å². The molecule has 3 N–H and O–H groups in total. The van der Waals surface area contributed by atoms with E-state index in [2.05, 4.69) is 34.7 Å². The van der Waals surface area contributed by atoms with Crippen LogP contribution in [0.3, 0.4) is 0 Å². The van der Waals surface area contributed by atoms with Gasteiger partial charge in [-0.3, -0.25) is 9.59 Å². The van der Waals surface area contributed by atoms with E-state index in [0.29, 0.717) is 18.6 Å². The molecule has 6 nitrogen and oxygen atoms in total. The van der Waals surface area contributed by atoms with E-state index in [4.69, 9.17) is 4.74 Å². The van der Waals surface area contributed by atoms with Crippen molar-refractivity contribution >= 4 is 22.7 Å². The Morgan fingerprint density at radius 3 is 2.66 bits per heavy atom. The minimum atomic E-state index is -0.726. The first-order valence-corrected chi connectivity index (χ1v) is 13.6. The van der Waals surface area contributed by atoms with E-state index >= 15 is 0 Å². The number of carbonyl (C=O) groups excluding carboxylic acids is 2. The molecule has 2 atom stereocenters. The molecule has 0 spiro atoms. The number of carbonyl (C=O) groups is 2. The van der Waals surface area contributed by atoms with Gasteiger partial charge in [0.2, 0.25) is 5.91 Å². The van der Waals surface area contributed by atoms with E-state index in [9.17, 15) is 9.59 Å². The Bertz CT molecular complexity index is 1390. The number of benzene rings is 3. The monoisotopic (exact) mass is 509 g/mol. The van der Waals surface area contributed by atoms with Crippen LogP contribution in [0.1, 0.15) is 65.7 Å². The normalized spacial score (nSPS) is 15.4. The number of fused-ring (bicyclic) bond motifs is 2. The van der Waals surface area contributed by atoms with Gasteiger partial charge in [0.1, 0.15) is 11.8 Å². The molecule has 4 aromatic rings. The van der Waals surface area contributed by atoms with E-state index in [1.165, 1.54) is 11.1 Å². The fourth-order valence-corrected chi connectivity index (χ4v) is 5.18. The first-order valence-electron chi connectivity index (χ1n) is 13.6. The summed E-state index contributed by atoms with van der Waals surface area (Å²) >= 11 is 0. The lowest BCUT2D eigenvalue weighted by Crippen LogP contribution is -2.49. The molecule has 1 heterocycles. The van der Waals surface area contributed by atoms with Crippen molar-refractivity contribution in [1.82, 2.24) is 15.6 Å². The third-order valence-corrected chi connectivity index (χ3v) is 7.29. The van der Waals surface area contributed by atoms with Crippen molar-refractivity contribution < 1.29 is 14.3 Å². The maximum atomic E-state index is 13.7. The van der Waals surface area contributed by atoms with Gasteiger partial charge in [0.05, 0.1) is 12.6 Å². The van der Waals surface area contributed by atoms with Gasteiger partial charge in [-0.2, -0.15) is 0 Å². The summed E-state index contributed by atoms with van der Waals surface area (Å²) in [4.78, 5) is 30.2. The van der Waals surface area contributed by atoms with Gasteiger partial charge in [-0.25, -0.2) is 0 Å². The Morgan fingerprint density at radius 2 is 1.82 bits per heavy atom. The van der Waals surface area contributed by atoms with Crippen molar-refractivity contribution in [3.63, 3.8) is 0 Å². The number of aryl methyl sites for hydroxylation is 1. The van der Waals surface area contributed by atoms with Crippen LogP contribution >= 0.6 is 0 Å². The number of aromatic nitrogens is 1. The lowest BCUT2D eigenvalue weighted by molar-refractivity contribution is -0.123. The summed E-state index contributed by atoms with van der Waals surface area (Å²) in [6.07, 6.45) is 7.29. The van der Waals surface area contributed by atoms with Gasteiger partial charge in [0.15, 0.2) is 0 Å². The Balaban J connectivity index is 1.35. The van der Waals surface area contributed by atoms with Crippen molar-refractivity contribution in [3.05, 3.63) is 101 Å². The molecule has 196 valence electrons. The number of unbranched alkanes of at least 4 members (excludes halogenated alkanes) is 1. The van der Waals surface area contributed by atoms with E-state index in [0.717, 1.165) is 54.3 Å². The van der Waals surface area contributed by atoms with Crippen LogP contribution in [0.4, 0.5) is 0 Å². The summed E-state index contributed by atoms with van der Waals surface area (Å²) in [6.45, 7) is 2.77. The first kappa shape index (κ1) is 25.6. The van der Waals surface area contributed by atoms with E-state index < -0.39 is 6.04 Å². The third-order valence-electron chi connectivity index (χ3n) is 7.29. The summed E-state index contributed by atoms with van der Waals surface area (Å²) in [7, 11) is 0. The second kappa shape index (κ2) is 12.0. The molecule has 6 heteroatoms. The molecular weight excluding hydrogens is 474 g/mol. The summed E-state index contributed by atoms with van der Waals surface area (Å²) in [5.74, 6) is 0.276. The molecule has 0 saturated heterocycles. The molecule has 1 aromatic heterocycles. The summed E-state index contributed by atoms with van der Waals surface area (Å²) in [5, 5.41) is 7.31. The Hall–Kier alpha value is -4.06. The number of nitrogens with one attached hydrogen (secondary N) is 3. The predicted molar refractivity (Wildman–Crippen MR) is 150 cm³/mol. The van der Waals surface area contributed by atoms with Crippen molar-refractivity contribution in [2.24, 2.45) is 0 Å². The van der Waals surface area contributed by atoms with Gasteiger partial charge in [0.25, 0.3) is 5.91 Å². The van der Waals surface area contributed by atoms with E-state index in [-0.39, 0.29) is 17.9 Å². The summed E-state index contributed by atoms with van der Waals surface area (Å²) in [5.41, 5.74) is 4.94. The fraction of sp³-hybridized carbons (Fsp3) is 0.312. The van der Waals surface area contributed by atoms with Crippen LogP contribution in [0.25, 0.3) is 10.9 Å². The first-order chi connectivity index (χ1) is 18.6. The lowest BCUT2D eigenvalue weighted by atomic mass is 9.87. The van der Waals surface area contributed by atoms with Gasteiger partial charge in [0, 0.05) is 29.1 Å². The maximum Gasteiger partial charge on any atom is 0.251 e. The van der Waals surface area contributed by atoms with Crippen molar-refractivity contribution in [2.45, 2.75) is 57.5 Å². The molecular formula is C32H35N3O3. The van der Waals surface area contributed by atoms with Gasteiger partial charge >= 0.3 is 0 Å². The maximum absolute atomic E-state index is 13.7. The molecule has 0 radical (unpaired) electrons. The van der Waals surface area contributed by atoms with Crippen molar-refractivity contribution in [1.29, 1.82) is 0 Å². The molecule has 1 aliphatic rings. The zero-order valence-electron chi connectivity index (χ0n) is 21.8. The molecule has 3 aromatic carbocycles. The molecule has 2 amide bonds. The van der Waals surface area contributed by atoms with E-state index in [1.807, 2.05) is 42.6 Å². The molecule has 38 heavy (non-hydrogen) atoms. The van der Waals surface area contributed by atoms with Gasteiger partial charge < -0.3 is 20.4 Å². The standard InChI is InChI=1S/C32H35N3O3/c1-2-3-19-38-25-17-15-23(16-18-25)31(36)35-30(20-24-21-33-28-13-7-6-12-27(24)28)32(37)34-29-14-8-10-22-9-4-5-11-26(22)29/h4-7,9,11-13,15-18,21,29-30,33H,2-3,8,10,14,19-20H2,1H3,(H,34,37)(H,35,36). The zero-order chi connectivity index (χ0) is 26.3. The molecule has 0 saturated carbocycles. The second-order valence-corrected chi connectivity index (χ2v) is 9.97. The lowest BCUT2D eigenvalue weighted by Gasteiger charge is -2.28. The zero-order valence-corrected chi connectivity index (χ0v) is 21.8. The quantitative estimate of drug-likeness (QED) is 0.233. The van der Waals surface area contributed by atoms with Crippen molar-refractivity contribution in [2.75, 3.05) is 6.61 Å². The van der Waals surface area contributed by atoms with Crippen LogP contribution in [0.15, 0.2) is 79.0 Å². The molecule has 5 rings (SSSR count). The highest BCUT2D eigenvalue weighted by molar-refractivity contribution is 5.98. The highest BCUT2D eigenvalue weighted by Gasteiger charge is 2.28. The number of ether oxygens (including phenoxy) is 1. The second-order valence-electron chi connectivity index (χ2n) is 9.97. The highest BCUT2D eigenvalue weighted by Crippen LogP contribution is 2.29. The average molecular weight is 510 g/mol. The van der Waals surface area contributed by atoms with Gasteiger partial charge in [-0.05, 0) is 72.7 Å². The van der Waals surface area contributed by atoms with Crippen LogP contribution < -0.4 is 15.4 Å². The smallest absolute Gasteiger partial charge is 0.251 e.